The van der Waals surface area contributed by atoms with Gasteiger partial charge in [-0.05, 0) is 36.8 Å². The Hall–Kier alpha value is -2.67. The van der Waals surface area contributed by atoms with Gasteiger partial charge in [-0.2, -0.15) is 0 Å². The lowest BCUT2D eigenvalue weighted by molar-refractivity contribution is -0.115. The summed E-state index contributed by atoms with van der Waals surface area (Å²) in [5.74, 6) is -2.65. The summed E-state index contributed by atoms with van der Waals surface area (Å²) in [6.07, 6.45) is 0. The third-order valence-corrected chi connectivity index (χ3v) is 3.58. The summed E-state index contributed by atoms with van der Waals surface area (Å²) >= 11 is 5.80. The fourth-order valence-electron chi connectivity index (χ4n) is 2.02. The molecule has 0 saturated heterocycles. The van der Waals surface area contributed by atoms with Crippen molar-refractivity contribution < 1.29 is 18.4 Å². The molecule has 0 spiro atoms. The summed E-state index contributed by atoms with van der Waals surface area (Å²) in [5.41, 5.74) is 0.950. The Labute approximate surface area is 148 Å². The van der Waals surface area contributed by atoms with Gasteiger partial charge in [0.2, 0.25) is 5.91 Å². The second kappa shape index (κ2) is 8.43. The molecule has 1 unspecified atom stereocenters. The van der Waals surface area contributed by atoms with Crippen LogP contribution in [0.2, 0.25) is 5.02 Å². The highest BCUT2D eigenvalue weighted by molar-refractivity contribution is 6.30. The molecule has 0 aliphatic carbocycles. The predicted molar refractivity (Wildman–Crippen MR) is 91.4 cm³/mol. The molecule has 0 heterocycles. The van der Waals surface area contributed by atoms with Crippen LogP contribution in [0, 0.1) is 11.6 Å². The Balaban J connectivity index is 1.79. The molecule has 0 aliphatic heterocycles. The van der Waals surface area contributed by atoms with E-state index in [-0.39, 0.29) is 18.3 Å². The minimum atomic E-state index is -1.07. The van der Waals surface area contributed by atoms with Crippen LogP contribution >= 0.6 is 11.6 Å². The van der Waals surface area contributed by atoms with Crippen molar-refractivity contribution >= 4 is 29.2 Å². The number of urea groups is 1. The number of carbonyl (C=O) groups is 2. The molecule has 25 heavy (non-hydrogen) atoms. The maximum absolute atomic E-state index is 13.1. The summed E-state index contributed by atoms with van der Waals surface area (Å²) in [5, 5.41) is 8.00. The molecule has 0 fully saturated rings. The van der Waals surface area contributed by atoms with Gasteiger partial charge in [0, 0.05) is 16.8 Å². The second-order valence-corrected chi connectivity index (χ2v) is 5.71. The molecule has 0 aromatic heterocycles. The third kappa shape index (κ3) is 5.72. The molecule has 2 aromatic carbocycles. The van der Waals surface area contributed by atoms with Crippen molar-refractivity contribution in [3.8, 4) is 0 Å². The lowest BCUT2D eigenvalue weighted by Gasteiger charge is -2.15. The molecule has 0 bridgehead atoms. The molecule has 5 nitrogen and oxygen atoms in total. The van der Waals surface area contributed by atoms with E-state index in [9.17, 15) is 18.4 Å². The smallest absolute Gasteiger partial charge is 0.315 e. The number of hydrogen-bond donors (Lipinski definition) is 3. The number of hydrogen-bond acceptors (Lipinski definition) is 2. The third-order valence-electron chi connectivity index (χ3n) is 3.33. The van der Waals surface area contributed by atoms with Crippen LogP contribution in [0.4, 0.5) is 19.3 Å². The fourth-order valence-corrected chi connectivity index (χ4v) is 2.15. The molecular weight excluding hydrogens is 352 g/mol. The van der Waals surface area contributed by atoms with Crippen molar-refractivity contribution in [2.24, 2.45) is 0 Å². The fraction of sp³-hybridized carbons (Fsp3) is 0.176. The molecule has 1 atom stereocenters. The van der Waals surface area contributed by atoms with Crippen molar-refractivity contribution in [2.45, 2.75) is 13.0 Å². The number of halogens is 3. The van der Waals surface area contributed by atoms with Gasteiger partial charge in [-0.25, -0.2) is 13.6 Å². The maximum atomic E-state index is 13.1. The predicted octanol–water partition coefficient (Wildman–Crippen LogP) is 3.62. The van der Waals surface area contributed by atoms with Gasteiger partial charge in [0.15, 0.2) is 11.6 Å². The van der Waals surface area contributed by atoms with E-state index in [1.54, 1.807) is 31.2 Å². The van der Waals surface area contributed by atoms with Crippen LogP contribution in [0.3, 0.4) is 0 Å². The molecule has 0 saturated carbocycles. The highest BCUT2D eigenvalue weighted by atomic mass is 35.5. The standard InChI is InChI=1S/C17H16ClF2N3O2/c1-10(11-2-4-12(18)5-3-11)22-17(25)21-9-16(24)23-13-6-7-14(19)15(20)8-13/h2-8,10H,9H2,1H3,(H,23,24)(H2,21,22,25). The van der Waals surface area contributed by atoms with Gasteiger partial charge in [-0.15, -0.1) is 0 Å². The molecular formula is C17H16ClF2N3O2. The number of rotatable bonds is 5. The van der Waals surface area contributed by atoms with Crippen molar-refractivity contribution in [1.29, 1.82) is 0 Å². The molecule has 2 aromatic rings. The highest BCUT2D eigenvalue weighted by Crippen LogP contribution is 2.16. The molecule has 3 amide bonds. The summed E-state index contributed by atoms with van der Waals surface area (Å²) in [6.45, 7) is 1.46. The summed E-state index contributed by atoms with van der Waals surface area (Å²) in [6, 6.07) is 9.14. The van der Waals surface area contributed by atoms with Gasteiger partial charge in [0.05, 0.1) is 12.6 Å². The lowest BCUT2D eigenvalue weighted by Crippen LogP contribution is -2.41. The summed E-state index contributed by atoms with van der Waals surface area (Å²) < 4.78 is 25.9. The van der Waals surface area contributed by atoms with Gasteiger partial charge in [-0.1, -0.05) is 23.7 Å². The van der Waals surface area contributed by atoms with Gasteiger partial charge in [-0.3, -0.25) is 4.79 Å². The quantitative estimate of drug-likeness (QED) is 0.755. The number of nitrogens with one attached hydrogen (secondary N) is 3. The zero-order valence-electron chi connectivity index (χ0n) is 13.3. The zero-order chi connectivity index (χ0) is 18.4. The normalized spacial score (nSPS) is 11.5. The van der Waals surface area contributed by atoms with Gasteiger partial charge in [0.1, 0.15) is 0 Å². The maximum Gasteiger partial charge on any atom is 0.315 e. The molecule has 3 N–H and O–H groups in total. The van der Waals surface area contributed by atoms with E-state index in [1.165, 1.54) is 6.07 Å². The van der Waals surface area contributed by atoms with Crippen molar-refractivity contribution in [3.63, 3.8) is 0 Å². The highest BCUT2D eigenvalue weighted by Gasteiger charge is 2.11. The van der Waals surface area contributed by atoms with Crippen LogP contribution in [-0.2, 0) is 4.79 Å². The largest absolute Gasteiger partial charge is 0.332 e. The van der Waals surface area contributed by atoms with Crippen LogP contribution < -0.4 is 16.0 Å². The Morgan fingerprint density at radius 3 is 2.40 bits per heavy atom. The average molecular weight is 368 g/mol. The lowest BCUT2D eigenvalue weighted by atomic mass is 10.1. The van der Waals surface area contributed by atoms with Crippen molar-refractivity contribution in [1.82, 2.24) is 10.6 Å². The molecule has 8 heteroatoms. The first kappa shape index (κ1) is 18.7. The SMILES string of the molecule is CC(NC(=O)NCC(=O)Nc1ccc(F)c(F)c1)c1ccc(Cl)cc1. The Bertz CT molecular complexity index is 769. The van der Waals surface area contributed by atoms with E-state index in [0.29, 0.717) is 5.02 Å². The van der Waals surface area contributed by atoms with Gasteiger partial charge in [0.25, 0.3) is 0 Å². The van der Waals surface area contributed by atoms with E-state index in [0.717, 1.165) is 17.7 Å². The van der Waals surface area contributed by atoms with Crippen LogP contribution in [0.15, 0.2) is 42.5 Å². The van der Waals surface area contributed by atoms with Gasteiger partial charge >= 0.3 is 6.03 Å². The van der Waals surface area contributed by atoms with Crippen LogP contribution in [0.25, 0.3) is 0 Å². The molecule has 0 aliphatic rings. The average Bonchev–Trinajstić information content (AvgIpc) is 2.57. The first-order valence-corrected chi connectivity index (χ1v) is 7.77. The van der Waals surface area contributed by atoms with Crippen LogP contribution in [0.5, 0.6) is 0 Å². The van der Waals surface area contributed by atoms with Crippen LogP contribution in [0.1, 0.15) is 18.5 Å². The molecule has 2 rings (SSSR count). The Morgan fingerprint density at radius 1 is 1.08 bits per heavy atom. The minimum absolute atomic E-state index is 0.0978. The van der Waals surface area contributed by atoms with Crippen molar-refractivity contribution in [2.75, 3.05) is 11.9 Å². The number of anilines is 1. The monoisotopic (exact) mass is 367 g/mol. The Kier molecular flexibility index (Phi) is 6.30. The van der Waals surface area contributed by atoms with E-state index in [1.807, 2.05) is 0 Å². The first-order chi connectivity index (χ1) is 11.8. The van der Waals surface area contributed by atoms with Crippen molar-refractivity contribution in [3.05, 3.63) is 64.7 Å². The van der Waals surface area contributed by atoms with E-state index < -0.39 is 23.6 Å². The summed E-state index contributed by atoms with van der Waals surface area (Å²) in [4.78, 5) is 23.5. The molecule has 0 radical (unpaired) electrons. The number of benzene rings is 2. The first-order valence-electron chi connectivity index (χ1n) is 7.40. The number of carbonyl (C=O) groups excluding carboxylic acids is 2. The molecule has 132 valence electrons. The van der Waals surface area contributed by atoms with E-state index in [4.69, 9.17) is 11.6 Å². The van der Waals surface area contributed by atoms with E-state index >= 15 is 0 Å². The second-order valence-electron chi connectivity index (χ2n) is 5.28. The Morgan fingerprint density at radius 2 is 1.76 bits per heavy atom. The van der Waals surface area contributed by atoms with E-state index in [2.05, 4.69) is 16.0 Å². The topological polar surface area (TPSA) is 70.2 Å². The number of amides is 3. The van der Waals surface area contributed by atoms with Crippen LogP contribution in [-0.4, -0.2) is 18.5 Å². The minimum Gasteiger partial charge on any atom is -0.332 e. The van der Waals surface area contributed by atoms with Gasteiger partial charge < -0.3 is 16.0 Å². The zero-order valence-corrected chi connectivity index (χ0v) is 14.0. The summed E-state index contributed by atoms with van der Waals surface area (Å²) in [7, 11) is 0.